The third-order valence-electron chi connectivity index (χ3n) is 7.31. The number of rotatable bonds is 9. The van der Waals surface area contributed by atoms with Crippen LogP contribution < -0.4 is 0 Å². The van der Waals surface area contributed by atoms with Crippen LogP contribution in [-0.4, -0.2) is 59.0 Å². The second-order valence-corrected chi connectivity index (χ2v) is 10.7. The minimum absolute atomic E-state index is 0.0905. The quantitative estimate of drug-likeness (QED) is 0.382. The average molecular weight is 518 g/mol. The number of esters is 1. The van der Waals surface area contributed by atoms with Gasteiger partial charge in [0.15, 0.2) is 0 Å². The molecular formula is C29H31N3O4S. The van der Waals surface area contributed by atoms with Crippen molar-refractivity contribution in [1.29, 1.82) is 0 Å². The summed E-state index contributed by atoms with van der Waals surface area (Å²) in [7, 11) is 0. The van der Waals surface area contributed by atoms with Gasteiger partial charge in [-0.3, -0.25) is 19.4 Å². The van der Waals surface area contributed by atoms with Crippen molar-refractivity contribution in [3.63, 3.8) is 0 Å². The number of likely N-dealkylation sites (tertiary alicyclic amines) is 1. The maximum absolute atomic E-state index is 14.0. The van der Waals surface area contributed by atoms with Crippen LogP contribution in [0.25, 0.3) is 10.1 Å². The maximum atomic E-state index is 14.0. The molecule has 1 unspecified atom stereocenters. The summed E-state index contributed by atoms with van der Waals surface area (Å²) in [6.45, 7) is 5.99. The Morgan fingerprint density at radius 2 is 2.03 bits per heavy atom. The number of fused-ring (bicyclic) bond motifs is 2. The van der Waals surface area contributed by atoms with Crippen molar-refractivity contribution in [1.82, 2.24) is 9.80 Å². The van der Waals surface area contributed by atoms with Crippen molar-refractivity contribution in [2.24, 2.45) is 4.99 Å². The standard InChI is InChI=1S/C29H31N3O4S/c1-3-36-26(33)9-6-13-31(18-20-10-11-21-16-30-17-22(21)15-20)28(35)29(2)12-14-32(29)27(34)24-19-37-25-8-5-4-7-23(24)25/h4-5,7-8,10-11,15-16,19H,3,6,9,12-14,17-18H2,1-2H3. The van der Waals surface area contributed by atoms with Crippen LogP contribution in [0.4, 0.5) is 0 Å². The highest BCUT2D eigenvalue weighted by atomic mass is 32.1. The number of hydrogen-bond donors (Lipinski definition) is 0. The highest BCUT2D eigenvalue weighted by molar-refractivity contribution is 7.17. The molecule has 8 heteroatoms. The SMILES string of the molecule is CCOC(=O)CCCN(Cc1ccc2c(c1)CN=C2)C(=O)C1(C)CCN1C(=O)c1csc2ccccc12. The first-order chi connectivity index (χ1) is 17.9. The summed E-state index contributed by atoms with van der Waals surface area (Å²) in [4.78, 5) is 47.4. The number of amides is 2. The molecule has 1 saturated heterocycles. The Balaban J connectivity index is 1.36. The molecule has 2 aliphatic rings. The van der Waals surface area contributed by atoms with E-state index >= 15 is 0 Å². The smallest absolute Gasteiger partial charge is 0.305 e. The van der Waals surface area contributed by atoms with Gasteiger partial charge < -0.3 is 14.5 Å². The molecule has 2 aromatic carbocycles. The molecule has 37 heavy (non-hydrogen) atoms. The molecule has 0 bridgehead atoms. The minimum Gasteiger partial charge on any atom is -0.466 e. The molecule has 1 fully saturated rings. The second-order valence-electron chi connectivity index (χ2n) is 9.76. The Labute approximate surface area is 220 Å². The zero-order chi connectivity index (χ0) is 26.0. The zero-order valence-electron chi connectivity index (χ0n) is 21.2. The van der Waals surface area contributed by atoms with Crippen LogP contribution in [0.3, 0.4) is 0 Å². The molecule has 2 amide bonds. The van der Waals surface area contributed by atoms with Gasteiger partial charge in [0, 0.05) is 47.7 Å². The Morgan fingerprint density at radius 3 is 2.81 bits per heavy atom. The van der Waals surface area contributed by atoms with E-state index in [9.17, 15) is 14.4 Å². The van der Waals surface area contributed by atoms with Crippen LogP contribution in [0.1, 0.15) is 60.2 Å². The van der Waals surface area contributed by atoms with E-state index < -0.39 is 5.54 Å². The Bertz CT molecular complexity index is 1380. The van der Waals surface area contributed by atoms with E-state index in [0.717, 1.165) is 26.8 Å². The van der Waals surface area contributed by atoms with Crippen molar-refractivity contribution < 1.29 is 19.1 Å². The monoisotopic (exact) mass is 517 g/mol. The van der Waals surface area contributed by atoms with Gasteiger partial charge in [-0.2, -0.15) is 0 Å². The highest BCUT2D eigenvalue weighted by Crippen LogP contribution is 2.37. The third kappa shape index (κ3) is 4.90. The lowest BCUT2D eigenvalue weighted by atomic mass is 9.84. The number of carbonyl (C=O) groups excluding carboxylic acids is 3. The zero-order valence-corrected chi connectivity index (χ0v) is 22.1. The fourth-order valence-corrected chi connectivity index (χ4v) is 6.05. The number of nitrogens with zero attached hydrogens (tertiary/aromatic N) is 3. The summed E-state index contributed by atoms with van der Waals surface area (Å²) in [5.41, 5.74) is 2.98. The highest BCUT2D eigenvalue weighted by Gasteiger charge is 2.51. The van der Waals surface area contributed by atoms with Crippen molar-refractivity contribution in [2.45, 2.75) is 51.7 Å². The van der Waals surface area contributed by atoms with Crippen LogP contribution in [-0.2, 0) is 27.4 Å². The summed E-state index contributed by atoms with van der Waals surface area (Å²) in [6, 6.07) is 14.0. The molecule has 0 radical (unpaired) electrons. The van der Waals surface area contributed by atoms with Crippen LogP contribution in [0, 0.1) is 0 Å². The number of ether oxygens (including phenoxy) is 1. The molecule has 192 valence electrons. The summed E-state index contributed by atoms with van der Waals surface area (Å²) in [5.74, 6) is -0.464. The normalized spacial score (nSPS) is 17.9. The summed E-state index contributed by atoms with van der Waals surface area (Å²) in [6.07, 6.45) is 3.22. The molecule has 2 aliphatic heterocycles. The van der Waals surface area contributed by atoms with Crippen molar-refractivity contribution in [2.75, 3.05) is 19.7 Å². The second kappa shape index (κ2) is 10.5. The number of carbonyl (C=O) groups is 3. The fraction of sp³-hybridized carbons (Fsp3) is 0.379. The molecule has 1 aromatic heterocycles. The van der Waals surface area contributed by atoms with Gasteiger partial charge in [-0.15, -0.1) is 11.3 Å². The Morgan fingerprint density at radius 1 is 1.19 bits per heavy atom. The molecule has 7 nitrogen and oxygen atoms in total. The van der Waals surface area contributed by atoms with Crippen molar-refractivity contribution in [3.05, 3.63) is 70.1 Å². The van der Waals surface area contributed by atoms with Gasteiger partial charge in [-0.1, -0.05) is 36.4 Å². The van der Waals surface area contributed by atoms with Gasteiger partial charge in [0.2, 0.25) is 5.91 Å². The van der Waals surface area contributed by atoms with E-state index in [2.05, 4.69) is 11.1 Å². The first-order valence-corrected chi connectivity index (χ1v) is 13.6. The number of hydrogen-bond acceptors (Lipinski definition) is 6. The lowest BCUT2D eigenvalue weighted by molar-refractivity contribution is -0.150. The Hall–Kier alpha value is -3.52. The number of benzene rings is 2. The van der Waals surface area contributed by atoms with Crippen molar-refractivity contribution in [3.8, 4) is 0 Å². The molecular weight excluding hydrogens is 486 g/mol. The molecule has 0 aliphatic carbocycles. The van der Waals surface area contributed by atoms with Gasteiger partial charge in [-0.05, 0) is 49.4 Å². The Kier molecular flexibility index (Phi) is 7.11. The lowest BCUT2D eigenvalue weighted by Crippen LogP contribution is -2.67. The van der Waals surface area contributed by atoms with E-state index in [4.69, 9.17) is 4.74 Å². The largest absolute Gasteiger partial charge is 0.466 e. The average Bonchev–Trinajstić information content (AvgIpc) is 3.53. The summed E-state index contributed by atoms with van der Waals surface area (Å²) in [5, 5.41) is 2.81. The minimum atomic E-state index is -0.927. The van der Waals surface area contributed by atoms with E-state index in [1.54, 1.807) is 28.1 Å². The van der Waals surface area contributed by atoms with Crippen LogP contribution in [0.2, 0.25) is 0 Å². The number of thiophene rings is 1. The van der Waals surface area contributed by atoms with Crippen LogP contribution in [0.5, 0.6) is 0 Å². The van der Waals surface area contributed by atoms with Gasteiger partial charge >= 0.3 is 5.97 Å². The first kappa shape index (κ1) is 25.1. The molecule has 0 saturated carbocycles. The van der Waals surface area contributed by atoms with Gasteiger partial charge in [0.1, 0.15) is 5.54 Å². The van der Waals surface area contributed by atoms with E-state index in [-0.39, 0.29) is 24.2 Å². The van der Waals surface area contributed by atoms with Crippen molar-refractivity contribution >= 4 is 45.4 Å². The molecule has 0 spiro atoms. The molecule has 0 N–H and O–H groups in total. The fourth-order valence-electron chi connectivity index (χ4n) is 5.12. The molecule has 3 aromatic rings. The molecule has 3 heterocycles. The van der Waals surface area contributed by atoms with E-state index in [0.29, 0.717) is 51.2 Å². The first-order valence-electron chi connectivity index (χ1n) is 12.8. The summed E-state index contributed by atoms with van der Waals surface area (Å²) >= 11 is 1.54. The predicted molar refractivity (Wildman–Crippen MR) is 145 cm³/mol. The van der Waals surface area contributed by atoms with Crippen LogP contribution in [0.15, 0.2) is 52.8 Å². The predicted octanol–water partition coefficient (Wildman–Crippen LogP) is 4.81. The van der Waals surface area contributed by atoms with Gasteiger partial charge in [-0.25, -0.2) is 0 Å². The molecule has 1 atom stereocenters. The third-order valence-corrected chi connectivity index (χ3v) is 8.27. The van der Waals surface area contributed by atoms with E-state index in [1.807, 2.05) is 54.9 Å². The summed E-state index contributed by atoms with van der Waals surface area (Å²) < 4.78 is 6.13. The van der Waals surface area contributed by atoms with Gasteiger partial charge in [0.25, 0.3) is 5.91 Å². The number of aliphatic imine (C=N–C) groups is 1. The lowest BCUT2D eigenvalue weighted by Gasteiger charge is -2.51. The van der Waals surface area contributed by atoms with E-state index in [1.165, 1.54) is 0 Å². The van der Waals surface area contributed by atoms with Gasteiger partial charge in [0.05, 0.1) is 18.7 Å². The topological polar surface area (TPSA) is 79.3 Å². The van der Waals surface area contributed by atoms with Crippen LogP contribution >= 0.6 is 11.3 Å². The molecule has 5 rings (SSSR count). The maximum Gasteiger partial charge on any atom is 0.305 e.